The summed E-state index contributed by atoms with van der Waals surface area (Å²) in [6, 6.07) is 8.51. The van der Waals surface area contributed by atoms with Gasteiger partial charge in [-0.1, -0.05) is 40.0 Å². The van der Waals surface area contributed by atoms with Crippen molar-refractivity contribution in [1.29, 1.82) is 0 Å². The van der Waals surface area contributed by atoms with Gasteiger partial charge in [0.2, 0.25) is 0 Å². The van der Waals surface area contributed by atoms with Gasteiger partial charge in [0, 0.05) is 10.5 Å². The maximum absolute atomic E-state index is 5.31. The van der Waals surface area contributed by atoms with E-state index in [0.29, 0.717) is 0 Å². The lowest BCUT2D eigenvalue weighted by Gasteiger charge is -2.17. The molecule has 0 amide bonds. The van der Waals surface area contributed by atoms with E-state index in [9.17, 15) is 0 Å². The zero-order valence-electron chi connectivity index (χ0n) is 8.42. The molecule has 0 fully saturated rings. The quantitative estimate of drug-likeness (QED) is 0.815. The lowest BCUT2D eigenvalue weighted by molar-refractivity contribution is 0.545. The van der Waals surface area contributed by atoms with Crippen molar-refractivity contribution in [3.63, 3.8) is 0 Å². The predicted octanol–water partition coefficient (Wildman–Crippen LogP) is 3.12. The van der Waals surface area contributed by atoms with Crippen molar-refractivity contribution in [2.45, 2.75) is 25.9 Å². The number of benzene rings is 1. The van der Waals surface area contributed by atoms with Gasteiger partial charge in [0.1, 0.15) is 0 Å². The average Bonchev–Trinajstić information content (AvgIpc) is 2.18. The van der Waals surface area contributed by atoms with Crippen LogP contribution in [0, 0.1) is 12.3 Å². The van der Waals surface area contributed by atoms with Gasteiger partial charge in [-0.3, -0.25) is 5.32 Å². The molecule has 1 N–H and O–H groups in total. The number of terminal acetylenes is 1. The smallest absolute Gasteiger partial charge is 0.0662 e. The predicted molar refractivity (Wildman–Crippen MR) is 64.0 cm³/mol. The Morgan fingerprint density at radius 1 is 1.36 bits per heavy atom. The summed E-state index contributed by atoms with van der Waals surface area (Å²) >= 11 is 3.52. The van der Waals surface area contributed by atoms with Crippen LogP contribution < -0.4 is 5.32 Å². The van der Waals surface area contributed by atoms with Gasteiger partial charge in [-0.2, -0.15) is 0 Å². The molecule has 2 heteroatoms. The third-order valence-corrected chi connectivity index (χ3v) is 2.84. The van der Waals surface area contributed by atoms with Crippen LogP contribution >= 0.6 is 15.9 Å². The molecule has 1 rings (SSSR count). The van der Waals surface area contributed by atoms with Crippen LogP contribution in [0.2, 0.25) is 0 Å². The molecule has 1 aromatic carbocycles. The topological polar surface area (TPSA) is 12.0 Å². The highest BCUT2D eigenvalue weighted by Gasteiger charge is 2.09. The highest BCUT2D eigenvalue weighted by atomic mass is 79.9. The maximum Gasteiger partial charge on any atom is 0.0662 e. The molecular weight excluding hydrogens is 238 g/mol. The van der Waals surface area contributed by atoms with Crippen molar-refractivity contribution in [2.24, 2.45) is 0 Å². The van der Waals surface area contributed by atoms with Crippen LogP contribution in [0.3, 0.4) is 0 Å². The van der Waals surface area contributed by atoms with Crippen LogP contribution in [0.5, 0.6) is 0 Å². The number of hydrogen-bond acceptors (Lipinski definition) is 1. The van der Waals surface area contributed by atoms with Crippen LogP contribution in [0.1, 0.15) is 25.5 Å². The van der Waals surface area contributed by atoms with Crippen molar-refractivity contribution in [3.05, 3.63) is 34.3 Å². The minimum absolute atomic E-state index is 0.0945. The van der Waals surface area contributed by atoms with Crippen LogP contribution in [0.25, 0.3) is 0 Å². The largest absolute Gasteiger partial charge is 0.297 e. The lowest BCUT2D eigenvalue weighted by Crippen LogP contribution is -2.27. The van der Waals surface area contributed by atoms with E-state index in [2.05, 4.69) is 40.2 Å². The summed E-state index contributed by atoms with van der Waals surface area (Å²) in [6.07, 6.45) is 5.31. The molecule has 0 bridgehead atoms. The molecule has 0 saturated carbocycles. The van der Waals surface area contributed by atoms with Gasteiger partial charge in [0.05, 0.1) is 6.04 Å². The Morgan fingerprint density at radius 3 is 2.57 bits per heavy atom. The summed E-state index contributed by atoms with van der Waals surface area (Å²) in [7, 11) is 0. The Morgan fingerprint density at radius 2 is 2.00 bits per heavy atom. The van der Waals surface area contributed by atoms with Crippen LogP contribution in [0.4, 0.5) is 0 Å². The van der Waals surface area contributed by atoms with Crippen molar-refractivity contribution >= 4 is 15.9 Å². The summed E-state index contributed by atoms with van der Waals surface area (Å²) < 4.78 is 1.12. The molecule has 0 aliphatic rings. The second-order valence-corrected chi connectivity index (χ2v) is 4.15. The van der Waals surface area contributed by atoms with Gasteiger partial charge < -0.3 is 0 Å². The molecule has 0 heterocycles. The molecule has 0 saturated heterocycles. The zero-order valence-corrected chi connectivity index (χ0v) is 10.0. The van der Waals surface area contributed by atoms with E-state index in [1.165, 1.54) is 5.56 Å². The fourth-order valence-electron chi connectivity index (χ4n) is 1.34. The van der Waals surface area contributed by atoms with Crippen LogP contribution in [-0.4, -0.2) is 6.04 Å². The Labute approximate surface area is 94.0 Å². The molecule has 1 aromatic rings. The van der Waals surface area contributed by atoms with Crippen molar-refractivity contribution < 1.29 is 0 Å². The highest BCUT2D eigenvalue weighted by molar-refractivity contribution is 9.10. The van der Waals surface area contributed by atoms with Gasteiger partial charge >= 0.3 is 0 Å². The van der Waals surface area contributed by atoms with E-state index in [4.69, 9.17) is 6.42 Å². The maximum atomic E-state index is 5.31. The molecule has 0 aliphatic heterocycles. The van der Waals surface area contributed by atoms with E-state index in [-0.39, 0.29) is 12.1 Å². The molecule has 1 nitrogen and oxygen atoms in total. The first-order chi connectivity index (χ1) is 6.65. The van der Waals surface area contributed by atoms with Crippen molar-refractivity contribution in [1.82, 2.24) is 5.32 Å². The van der Waals surface area contributed by atoms with Crippen molar-refractivity contribution in [2.75, 3.05) is 0 Å². The second-order valence-electron chi connectivity index (χ2n) is 3.30. The fourth-order valence-corrected chi connectivity index (χ4v) is 1.97. The Kier molecular flexibility index (Phi) is 4.19. The molecule has 0 spiro atoms. The average molecular weight is 252 g/mol. The Bertz CT molecular complexity index is 340. The third-order valence-electron chi connectivity index (χ3n) is 2.12. The van der Waals surface area contributed by atoms with Gasteiger partial charge in [-0.25, -0.2) is 0 Å². The van der Waals surface area contributed by atoms with Crippen LogP contribution in [-0.2, 0) is 0 Å². The van der Waals surface area contributed by atoms with E-state index in [1.807, 2.05) is 25.1 Å². The summed E-state index contributed by atoms with van der Waals surface area (Å²) in [6.45, 7) is 4.08. The Hall–Kier alpha value is -0.780. The number of rotatable bonds is 3. The first-order valence-corrected chi connectivity index (χ1v) is 5.41. The summed E-state index contributed by atoms with van der Waals surface area (Å²) in [5.74, 6) is 2.66. The third kappa shape index (κ3) is 2.87. The molecule has 2 unspecified atom stereocenters. The zero-order chi connectivity index (χ0) is 10.6. The summed E-state index contributed by atoms with van der Waals surface area (Å²) in [4.78, 5) is 0. The van der Waals surface area contributed by atoms with Crippen LogP contribution in [0.15, 0.2) is 28.7 Å². The molecule has 0 radical (unpaired) electrons. The molecule has 0 aromatic heterocycles. The number of hydrogen-bond donors (Lipinski definition) is 1. The SMILES string of the molecule is C#CC(C)NC(C)c1ccccc1Br. The van der Waals surface area contributed by atoms with E-state index in [0.717, 1.165) is 4.47 Å². The standard InChI is InChI=1S/C12H14BrN/c1-4-9(2)14-10(3)11-7-5-6-8-12(11)13/h1,5-10,14H,2-3H3. The van der Waals surface area contributed by atoms with Gasteiger partial charge in [0.15, 0.2) is 0 Å². The van der Waals surface area contributed by atoms with E-state index >= 15 is 0 Å². The van der Waals surface area contributed by atoms with E-state index < -0.39 is 0 Å². The molecular formula is C12H14BrN. The molecule has 0 aliphatic carbocycles. The summed E-state index contributed by atoms with van der Waals surface area (Å²) in [5, 5.41) is 3.32. The summed E-state index contributed by atoms with van der Waals surface area (Å²) in [5.41, 5.74) is 1.23. The second kappa shape index (κ2) is 5.19. The first-order valence-electron chi connectivity index (χ1n) is 4.61. The molecule has 14 heavy (non-hydrogen) atoms. The number of nitrogens with one attached hydrogen (secondary N) is 1. The lowest BCUT2D eigenvalue weighted by atomic mass is 10.1. The first kappa shape index (κ1) is 11.3. The number of halogens is 1. The van der Waals surface area contributed by atoms with Crippen molar-refractivity contribution in [3.8, 4) is 12.3 Å². The Balaban J connectivity index is 2.75. The van der Waals surface area contributed by atoms with Gasteiger partial charge in [0.25, 0.3) is 0 Å². The molecule has 74 valence electrons. The highest BCUT2D eigenvalue weighted by Crippen LogP contribution is 2.22. The van der Waals surface area contributed by atoms with Gasteiger partial charge in [-0.05, 0) is 25.5 Å². The monoisotopic (exact) mass is 251 g/mol. The van der Waals surface area contributed by atoms with E-state index in [1.54, 1.807) is 0 Å². The normalized spacial score (nSPS) is 14.4. The fraction of sp³-hybridized carbons (Fsp3) is 0.333. The minimum atomic E-state index is 0.0945. The van der Waals surface area contributed by atoms with Gasteiger partial charge in [-0.15, -0.1) is 6.42 Å². The molecule has 2 atom stereocenters. The minimum Gasteiger partial charge on any atom is -0.297 e.